The van der Waals surface area contributed by atoms with Crippen LogP contribution < -0.4 is 10.1 Å². The summed E-state index contributed by atoms with van der Waals surface area (Å²) in [7, 11) is 0. The first-order chi connectivity index (χ1) is 9.61. The van der Waals surface area contributed by atoms with Crippen LogP contribution in [0, 0.1) is 12.8 Å². The number of nitrogens with zero attached hydrogens (tertiary/aromatic N) is 2. The number of hydrogen-bond acceptors (Lipinski definition) is 4. The molecule has 1 N–H and O–H groups in total. The van der Waals surface area contributed by atoms with Gasteiger partial charge in [-0.2, -0.15) is 4.98 Å². The van der Waals surface area contributed by atoms with Crippen molar-refractivity contribution in [1.82, 2.24) is 9.97 Å². The van der Waals surface area contributed by atoms with Gasteiger partial charge in [0.25, 0.3) is 0 Å². The van der Waals surface area contributed by atoms with Crippen LogP contribution >= 0.6 is 0 Å². The van der Waals surface area contributed by atoms with Crippen molar-refractivity contribution in [2.24, 2.45) is 5.92 Å². The molecule has 1 aromatic heterocycles. The molecule has 0 aliphatic carbocycles. The molecule has 20 heavy (non-hydrogen) atoms. The highest BCUT2D eigenvalue weighted by atomic mass is 16.5. The summed E-state index contributed by atoms with van der Waals surface area (Å²) in [5, 5.41) is 3.35. The van der Waals surface area contributed by atoms with Crippen LogP contribution in [0.25, 0.3) is 0 Å². The zero-order valence-electron chi connectivity index (χ0n) is 13.4. The number of rotatable bonds is 10. The molecule has 1 aromatic rings. The summed E-state index contributed by atoms with van der Waals surface area (Å²) in [4.78, 5) is 8.61. The Labute approximate surface area is 123 Å². The predicted molar refractivity (Wildman–Crippen MR) is 84.4 cm³/mol. The summed E-state index contributed by atoms with van der Waals surface area (Å²) in [6.45, 7) is 10.0. The van der Waals surface area contributed by atoms with Crippen LogP contribution in [0.3, 0.4) is 0 Å². The van der Waals surface area contributed by atoms with Gasteiger partial charge in [-0.1, -0.05) is 39.5 Å². The molecular weight excluding hydrogens is 250 g/mol. The minimum absolute atomic E-state index is 0.631. The van der Waals surface area contributed by atoms with Crippen LogP contribution in [0.2, 0.25) is 0 Å². The normalized spacial score (nSPS) is 10.8. The Kier molecular flexibility index (Phi) is 8.00. The van der Waals surface area contributed by atoms with Gasteiger partial charge in [-0.05, 0) is 26.2 Å². The van der Waals surface area contributed by atoms with Gasteiger partial charge in [0.05, 0.1) is 6.61 Å². The monoisotopic (exact) mass is 279 g/mol. The molecular formula is C16H29N3O. The predicted octanol–water partition coefficient (Wildman–Crippen LogP) is 4.20. The Morgan fingerprint density at radius 3 is 2.60 bits per heavy atom. The van der Waals surface area contributed by atoms with Crippen LogP contribution in [0.1, 0.15) is 58.7 Å². The molecule has 0 aliphatic rings. The molecule has 0 aliphatic heterocycles. The van der Waals surface area contributed by atoms with E-state index in [0.717, 1.165) is 24.1 Å². The summed E-state index contributed by atoms with van der Waals surface area (Å²) in [6, 6.07) is 1.87. The van der Waals surface area contributed by atoms with E-state index in [1.165, 1.54) is 32.1 Å². The Morgan fingerprint density at radius 2 is 1.90 bits per heavy atom. The zero-order chi connectivity index (χ0) is 14.8. The molecule has 0 unspecified atom stereocenters. The highest BCUT2D eigenvalue weighted by Gasteiger charge is 2.02. The Hall–Kier alpha value is -1.32. The largest absolute Gasteiger partial charge is 0.478 e. The van der Waals surface area contributed by atoms with Crippen molar-refractivity contribution in [1.29, 1.82) is 0 Å². The van der Waals surface area contributed by atoms with Gasteiger partial charge >= 0.3 is 0 Å². The SMILES string of the molecule is CCOc1cc(NCCCCCCC(C)C)nc(C)n1. The molecule has 1 heterocycles. The van der Waals surface area contributed by atoms with Crippen molar-refractivity contribution < 1.29 is 4.74 Å². The van der Waals surface area contributed by atoms with Crippen molar-refractivity contribution in [3.63, 3.8) is 0 Å². The second-order valence-corrected chi connectivity index (χ2v) is 5.60. The fourth-order valence-corrected chi connectivity index (χ4v) is 2.10. The second kappa shape index (κ2) is 9.56. The third-order valence-corrected chi connectivity index (χ3v) is 3.12. The number of ether oxygens (including phenoxy) is 1. The van der Waals surface area contributed by atoms with Gasteiger partial charge < -0.3 is 10.1 Å². The smallest absolute Gasteiger partial charge is 0.218 e. The van der Waals surface area contributed by atoms with E-state index in [1.54, 1.807) is 0 Å². The molecule has 114 valence electrons. The Bertz CT molecular complexity index is 380. The van der Waals surface area contributed by atoms with Gasteiger partial charge in [0, 0.05) is 12.6 Å². The molecule has 0 spiro atoms. The molecule has 4 heteroatoms. The molecule has 1 rings (SSSR count). The molecule has 4 nitrogen and oxygen atoms in total. The Balaban J connectivity index is 2.21. The molecule has 0 saturated heterocycles. The van der Waals surface area contributed by atoms with Gasteiger partial charge in [-0.25, -0.2) is 4.98 Å². The summed E-state index contributed by atoms with van der Waals surface area (Å²) < 4.78 is 5.42. The van der Waals surface area contributed by atoms with Crippen molar-refractivity contribution >= 4 is 5.82 Å². The average molecular weight is 279 g/mol. The number of aryl methyl sites for hydroxylation is 1. The summed E-state index contributed by atoms with van der Waals surface area (Å²) >= 11 is 0. The van der Waals surface area contributed by atoms with E-state index in [2.05, 4.69) is 29.1 Å². The van der Waals surface area contributed by atoms with Crippen molar-refractivity contribution in [3.8, 4) is 5.88 Å². The molecule has 0 atom stereocenters. The fourth-order valence-electron chi connectivity index (χ4n) is 2.10. The van der Waals surface area contributed by atoms with E-state index in [0.29, 0.717) is 12.5 Å². The van der Waals surface area contributed by atoms with Gasteiger partial charge in [0.1, 0.15) is 11.6 Å². The minimum atomic E-state index is 0.631. The van der Waals surface area contributed by atoms with E-state index >= 15 is 0 Å². The first-order valence-corrected chi connectivity index (χ1v) is 7.84. The lowest BCUT2D eigenvalue weighted by molar-refractivity contribution is 0.325. The highest BCUT2D eigenvalue weighted by Crippen LogP contribution is 2.14. The highest BCUT2D eigenvalue weighted by molar-refractivity contribution is 5.38. The van der Waals surface area contributed by atoms with Gasteiger partial charge in [-0.3, -0.25) is 0 Å². The first kappa shape index (κ1) is 16.7. The van der Waals surface area contributed by atoms with Crippen molar-refractivity contribution in [2.45, 2.75) is 59.8 Å². The van der Waals surface area contributed by atoms with Crippen LogP contribution in [0.5, 0.6) is 5.88 Å². The maximum atomic E-state index is 5.42. The third-order valence-electron chi connectivity index (χ3n) is 3.12. The van der Waals surface area contributed by atoms with E-state index in [-0.39, 0.29) is 0 Å². The number of aromatic nitrogens is 2. The van der Waals surface area contributed by atoms with Gasteiger partial charge in [0.15, 0.2) is 0 Å². The number of anilines is 1. The van der Waals surface area contributed by atoms with Gasteiger partial charge in [0.2, 0.25) is 5.88 Å². The lowest BCUT2D eigenvalue weighted by Gasteiger charge is -2.09. The van der Waals surface area contributed by atoms with Crippen LogP contribution in [-0.2, 0) is 0 Å². The molecule has 0 amide bonds. The van der Waals surface area contributed by atoms with Crippen molar-refractivity contribution in [3.05, 3.63) is 11.9 Å². The standard InChI is InChI=1S/C16H29N3O/c1-5-20-16-12-15(18-14(4)19-16)17-11-9-7-6-8-10-13(2)3/h12-13H,5-11H2,1-4H3,(H,17,18,19). The molecule has 0 bridgehead atoms. The lowest BCUT2D eigenvalue weighted by atomic mass is 10.0. The van der Waals surface area contributed by atoms with E-state index in [1.807, 2.05) is 19.9 Å². The van der Waals surface area contributed by atoms with E-state index in [9.17, 15) is 0 Å². The third kappa shape index (κ3) is 7.31. The van der Waals surface area contributed by atoms with Gasteiger partial charge in [-0.15, -0.1) is 0 Å². The second-order valence-electron chi connectivity index (χ2n) is 5.60. The zero-order valence-corrected chi connectivity index (χ0v) is 13.4. The molecule has 0 radical (unpaired) electrons. The quantitative estimate of drug-likeness (QED) is 0.652. The summed E-state index contributed by atoms with van der Waals surface area (Å²) in [6.07, 6.45) is 6.48. The maximum absolute atomic E-state index is 5.42. The molecule has 0 saturated carbocycles. The van der Waals surface area contributed by atoms with E-state index < -0.39 is 0 Å². The maximum Gasteiger partial charge on any atom is 0.218 e. The van der Waals surface area contributed by atoms with E-state index in [4.69, 9.17) is 4.74 Å². The first-order valence-electron chi connectivity index (χ1n) is 7.84. The summed E-state index contributed by atoms with van der Waals surface area (Å²) in [5.74, 6) is 3.09. The number of hydrogen-bond donors (Lipinski definition) is 1. The fraction of sp³-hybridized carbons (Fsp3) is 0.750. The topological polar surface area (TPSA) is 47.0 Å². The lowest BCUT2D eigenvalue weighted by Crippen LogP contribution is -2.06. The van der Waals surface area contributed by atoms with Crippen LogP contribution in [-0.4, -0.2) is 23.1 Å². The van der Waals surface area contributed by atoms with Crippen LogP contribution in [0.15, 0.2) is 6.07 Å². The van der Waals surface area contributed by atoms with Crippen molar-refractivity contribution in [2.75, 3.05) is 18.5 Å². The minimum Gasteiger partial charge on any atom is -0.478 e. The summed E-state index contributed by atoms with van der Waals surface area (Å²) in [5.41, 5.74) is 0. The molecule has 0 fully saturated rings. The molecule has 0 aromatic carbocycles. The average Bonchev–Trinajstić information content (AvgIpc) is 2.37. The number of unbranched alkanes of at least 4 members (excludes halogenated alkanes) is 3. The van der Waals surface area contributed by atoms with Crippen LogP contribution in [0.4, 0.5) is 5.82 Å². The number of nitrogens with one attached hydrogen (secondary N) is 1. The Morgan fingerprint density at radius 1 is 1.15 bits per heavy atom.